The Morgan fingerprint density at radius 3 is 2.15 bits per heavy atom. The van der Waals surface area contributed by atoms with Crippen LogP contribution in [-0.2, 0) is 61.2 Å². The van der Waals surface area contributed by atoms with Gasteiger partial charge in [-0.15, -0.1) is 11.6 Å². The molecule has 3 heterocycles. The second kappa shape index (κ2) is 27.3. The molecule has 4 amide bonds. The van der Waals surface area contributed by atoms with Crippen molar-refractivity contribution in [1.82, 2.24) is 40.4 Å². The molecule has 0 spiro atoms. The number of amides is 4. The number of rotatable bonds is 29. The molecule has 0 unspecified atom stereocenters. The van der Waals surface area contributed by atoms with Crippen LogP contribution in [0.2, 0.25) is 0 Å². The largest absolute Gasteiger partial charge is 0.468 e. The Hall–Kier alpha value is -5.21. The van der Waals surface area contributed by atoms with Crippen molar-refractivity contribution in [2.75, 3.05) is 98.6 Å². The summed E-state index contributed by atoms with van der Waals surface area (Å²) in [6.45, 7) is 4.04. The number of aromatic nitrogens is 4. The highest BCUT2D eigenvalue weighted by atomic mass is 35.5. The SMILES string of the molecule is COC(=O)CNC(=O)CNC(=O)Cn1nc(C2CCN(C(=O)CCC(=O)NCCOCCOCCOCCOCCCCCCCl)CC2)c2c(-c3cc4c(cnn4C)cc3F)cccc21. The number of alkyl halides is 1. The lowest BCUT2D eigenvalue weighted by Crippen LogP contribution is -2.40. The number of esters is 1. The van der Waals surface area contributed by atoms with Crippen molar-refractivity contribution < 1.29 is 52.0 Å². The van der Waals surface area contributed by atoms with E-state index in [0.717, 1.165) is 37.8 Å². The van der Waals surface area contributed by atoms with Crippen LogP contribution in [-0.4, -0.2) is 153 Å². The van der Waals surface area contributed by atoms with E-state index in [4.69, 9.17) is 35.6 Å². The quantitative estimate of drug-likeness (QED) is 0.0406. The summed E-state index contributed by atoms with van der Waals surface area (Å²) < 4.78 is 45.7. The Morgan fingerprint density at radius 1 is 0.769 bits per heavy atom. The number of aryl methyl sites for hydroxylation is 1. The van der Waals surface area contributed by atoms with Crippen molar-refractivity contribution in [2.24, 2.45) is 7.05 Å². The fraction of sp³-hybridized carbons (Fsp3) is 0.578. The Bertz CT molecular complexity index is 2180. The predicted octanol–water partition coefficient (Wildman–Crippen LogP) is 3.60. The zero-order valence-electron chi connectivity index (χ0n) is 37.4. The van der Waals surface area contributed by atoms with E-state index < -0.39 is 23.6 Å². The summed E-state index contributed by atoms with van der Waals surface area (Å²) in [5.74, 6) is -1.94. The molecule has 0 radical (unpaired) electrons. The second-order valence-electron chi connectivity index (χ2n) is 15.6. The van der Waals surface area contributed by atoms with Crippen LogP contribution in [0, 0.1) is 5.82 Å². The number of piperidine rings is 1. The summed E-state index contributed by atoms with van der Waals surface area (Å²) in [6, 6.07) is 8.60. The first-order chi connectivity index (χ1) is 31.6. The Labute approximate surface area is 383 Å². The highest BCUT2D eigenvalue weighted by Crippen LogP contribution is 2.40. The lowest BCUT2D eigenvalue weighted by molar-refractivity contribution is -0.141. The van der Waals surface area contributed by atoms with E-state index in [1.807, 2.05) is 12.1 Å². The predicted molar refractivity (Wildman–Crippen MR) is 241 cm³/mol. The number of hydrogen-bond acceptors (Lipinski definition) is 12. The molecule has 18 nitrogen and oxygen atoms in total. The number of halogens is 2. The third kappa shape index (κ3) is 16.0. The molecule has 4 aromatic rings. The first-order valence-corrected chi connectivity index (χ1v) is 22.8. The van der Waals surface area contributed by atoms with Gasteiger partial charge in [-0.1, -0.05) is 25.0 Å². The molecule has 3 N–H and O–H groups in total. The van der Waals surface area contributed by atoms with Crippen LogP contribution < -0.4 is 16.0 Å². The van der Waals surface area contributed by atoms with Gasteiger partial charge in [-0.25, -0.2) is 4.39 Å². The van der Waals surface area contributed by atoms with Gasteiger partial charge in [0, 0.05) is 74.3 Å². The molecule has 356 valence electrons. The third-order valence-corrected chi connectivity index (χ3v) is 11.3. The highest BCUT2D eigenvalue weighted by Gasteiger charge is 2.30. The van der Waals surface area contributed by atoms with Crippen molar-refractivity contribution in [3.63, 3.8) is 0 Å². The summed E-state index contributed by atoms with van der Waals surface area (Å²) in [6.07, 6.45) is 7.13. The summed E-state index contributed by atoms with van der Waals surface area (Å²) in [4.78, 5) is 64.2. The maximum Gasteiger partial charge on any atom is 0.325 e. The molecule has 0 atom stereocenters. The van der Waals surface area contributed by atoms with E-state index in [2.05, 4.69) is 25.8 Å². The topological polar surface area (TPSA) is 206 Å². The van der Waals surface area contributed by atoms with Gasteiger partial charge in [-0.2, -0.15) is 10.2 Å². The Balaban J connectivity index is 1.07. The van der Waals surface area contributed by atoms with Gasteiger partial charge in [-0.3, -0.25) is 33.3 Å². The van der Waals surface area contributed by atoms with E-state index in [1.54, 1.807) is 35.0 Å². The Morgan fingerprint density at radius 2 is 1.45 bits per heavy atom. The minimum atomic E-state index is -0.625. The van der Waals surface area contributed by atoms with Gasteiger partial charge in [-0.05, 0) is 49.4 Å². The van der Waals surface area contributed by atoms with Crippen molar-refractivity contribution in [3.8, 4) is 11.1 Å². The maximum absolute atomic E-state index is 15.9. The third-order valence-electron chi connectivity index (χ3n) is 11.0. The van der Waals surface area contributed by atoms with Crippen LogP contribution in [0.4, 0.5) is 4.39 Å². The number of ether oxygens (including phenoxy) is 5. The summed E-state index contributed by atoms with van der Waals surface area (Å²) in [5, 5.41) is 18.2. The van der Waals surface area contributed by atoms with Crippen molar-refractivity contribution >= 4 is 63.0 Å². The second-order valence-corrected chi connectivity index (χ2v) is 16.0. The number of hydrogen-bond donors (Lipinski definition) is 3. The molecule has 0 saturated carbocycles. The highest BCUT2D eigenvalue weighted by molar-refractivity contribution is 6.17. The van der Waals surface area contributed by atoms with Gasteiger partial charge in [0.1, 0.15) is 18.9 Å². The van der Waals surface area contributed by atoms with Crippen LogP contribution in [0.5, 0.6) is 0 Å². The van der Waals surface area contributed by atoms with E-state index in [-0.39, 0.29) is 50.2 Å². The van der Waals surface area contributed by atoms with Gasteiger partial charge >= 0.3 is 5.97 Å². The first kappa shape index (κ1) is 50.8. The molecule has 1 saturated heterocycles. The van der Waals surface area contributed by atoms with Crippen LogP contribution in [0.3, 0.4) is 0 Å². The molecule has 65 heavy (non-hydrogen) atoms. The minimum Gasteiger partial charge on any atom is -0.468 e. The minimum absolute atomic E-state index is 0.0431. The van der Waals surface area contributed by atoms with Gasteiger partial charge in [0.25, 0.3) is 0 Å². The number of nitrogens with zero attached hydrogens (tertiary/aromatic N) is 5. The molecular weight excluding hydrogens is 867 g/mol. The Kier molecular flexibility index (Phi) is 21.3. The molecular formula is C45H62ClFN8O10. The number of nitrogens with one attached hydrogen (secondary N) is 3. The number of benzene rings is 2. The van der Waals surface area contributed by atoms with E-state index >= 15 is 4.39 Å². The number of carbonyl (C=O) groups excluding carboxylic acids is 5. The molecule has 2 aromatic heterocycles. The van der Waals surface area contributed by atoms with Crippen molar-refractivity contribution in [1.29, 1.82) is 0 Å². The van der Waals surface area contributed by atoms with E-state index in [1.165, 1.54) is 17.9 Å². The number of likely N-dealkylation sites (tertiary alicyclic amines) is 1. The van der Waals surface area contributed by atoms with Crippen molar-refractivity contribution in [2.45, 2.75) is 63.8 Å². The average molecular weight is 929 g/mol. The molecule has 1 fully saturated rings. The van der Waals surface area contributed by atoms with Gasteiger partial charge in [0.2, 0.25) is 23.6 Å². The molecule has 2 aromatic carbocycles. The number of fused-ring (bicyclic) bond motifs is 2. The lowest BCUT2D eigenvalue weighted by Gasteiger charge is -2.31. The normalized spacial score (nSPS) is 13.1. The molecule has 1 aliphatic rings. The maximum atomic E-state index is 15.9. The summed E-state index contributed by atoms with van der Waals surface area (Å²) >= 11 is 5.68. The van der Waals surface area contributed by atoms with Gasteiger partial charge < -0.3 is 44.5 Å². The standard InChI is InChI=1S/C45H62ClFN8O10/c1-53-38-27-35(36(47)26-33(38)28-51-53)34-8-7-9-37-44(34)45(52-55(37)31-41(58)49-29-40(57)50-30-43(60)61-2)32-12-16-54(17-13-32)42(59)11-10-39(56)48-15-19-63-21-23-65-25-24-64-22-20-62-18-6-4-3-5-14-46/h7-9,26-28,32H,3-6,10-25,29-31H2,1-2H3,(H,48,56)(H,49,58)(H,50,57). The van der Waals surface area contributed by atoms with Gasteiger partial charge in [0.05, 0.1) is 82.8 Å². The monoisotopic (exact) mass is 928 g/mol. The van der Waals surface area contributed by atoms with Crippen LogP contribution >= 0.6 is 11.6 Å². The fourth-order valence-corrected chi connectivity index (χ4v) is 7.68. The fourth-order valence-electron chi connectivity index (χ4n) is 7.49. The van der Waals surface area contributed by atoms with Crippen LogP contribution in [0.1, 0.15) is 63.0 Å². The number of methoxy groups -OCH3 is 1. The molecule has 1 aliphatic heterocycles. The van der Waals surface area contributed by atoms with Crippen LogP contribution in [0.25, 0.3) is 32.9 Å². The van der Waals surface area contributed by atoms with Crippen LogP contribution in [0.15, 0.2) is 36.5 Å². The number of carbonyl (C=O) groups is 5. The number of unbranched alkanes of at least 4 members (excludes halogenated alkanes) is 3. The zero-order chi connectivity index (χ0) is 46.4. The van der Waals surface area contributed by atoms with E-state index in [9.17, 15) is 24.0 Å². The summed E-state index contributed by atoms with van der Waals surface area (Å²) in [5.41, 5.74) is 2.93. The molecule has 20 heteroatoms. The molecule has 5 rings (SSSR count). The van der Waals surface area contributed by atoms with Gasteiger partial charge in [0.15, 0.2) is 0 Å². The first-order valence-electron chi connectivity index (χ1n) is 22.2. The lowest BCUT2D eigenvalue weighted by atomic mass is 9.88. The summed E-state index contributed by atoms with van der Waals surface area (Å²) in [7, 11) is 2.98. The smallest absolute Gasteiger partial charge is 0.325 e. The zero-order valence-corrected chi connectivity index (χ0v) is 38.1. The van der Waals surface area contributed by atoms with Crippen molar-refractivity contribution in [3.05, 3.63) is 48.0 Å². The average Bonchev–Trinajstić information content (AvgIpc) is 3.87. The molecule has 0 bridgehead atoms. The van der Waals surface area contributed by atoms with E-state index in [0.29, 0.717) is 118 Å². The molecule has 0 aliphatic carbocycles.